The molecule has 0 radical (unpaired) electrons. The first-order valence-corrected chi connectivity index (χ1v) is 11.5. The van der Waals surface area contributed by atoms with Gasteiger partial charge in [0.2, 0.25) is 0 Å². The molecule has 1 aromatic heterocycles. The van der Waals surface area contributed by atoms with E-state index in [9.17, 15) is 9.50 Å². The lowest BCUT2D eigenvalue weighted by atomic mass is 9.57. The van der Waals surface area contributed by atoms with Gasteiger partial charge < -0.3 is 9.84 Å². The predicted octanol–water partition coefficient (Wildman–Crippen LogP) is 5.33. The number of methoxy groups -OCH3 is 1. The Morgan fingerprint density at radius 1 is 1.23 bits per heavy atom. The Bertz CT molecular complexity index is 1090. The Labute approximate surface area is 183 Å². The SMILES string of the molecule is CC[C@]12CC[C@@](O)(COC)C[C@@H]1CCCc1cc3c(cnn3-c3ccc(F)cc3)cc12. The van der Waals surface area contributed by atoms with Gasteiger partial charge in [0.25, 0.3) is 0 Å². The van der Waals surface area contributed by atoms with Crippen molar-refractivity contribution < 1.29 is 14.2 Å². The molecule has 2 aromatic carbocycles. The summed E-state index contributed by atoms with van der Waals surface area (Å²) in [5.41, 5.74) is 4.18. The summed E-state index contributed by atoms with van der Waals surface area (Å²) in [6.07, 6.45) is 8.86. The van der Waals surface area contributed by atoms with Crippen molar-refractivity contribution in [3.63, 3.8) is 0 Å². The summed E-state index contributed by atoms with van der Waals surface area (Å²) in [5.74, 6) is 0.216. The molecule has 1 heterocycles. The Balaban J connectivity index is 1.60. The molecule has 0 spiro atoms. The van der Waals surface area contributed by atoms with Crippen LogP contribution in [0.5, 0.6) is 0 Å². The van der Waals surface area contributed by atoms with E-state index in [2.05, 4.69) is 24.2 Å². The van der Waals surface area contributed by atoms with E-state index in [4.69, 9.17) is 4.74 Å². The van der Waals surface area contributed by atoms with Crippen LogP contribution >= 0.6 is 0 Å². The van der Waals surface area contributed by atoms with Crippen LogP contribution in [0, 0.1) is 11.7 Å². The fourth-order valence-electron chi connectivity index (χ4n) is 6.32. The van der Waals surface area contributed by atoms with Crippen LogP contribution in [-0.2, 0) is 16.6 Å². The molecular formula is C26H31FN2O2. The first kappa shape index (κ1) is 20.7. The number of hydrogen-bond acceptors (Lipinski definition) is 3. The third-order valence-corrected chi connectivity index (χ3v) is 7.89. The molecule has 0 unspecified atom stereocenters. The third kappa shape index (κ3) is 3.39. The fourth-order valence-corrected chi connectivity index (χ4v) is 6.32. The van der Waals surface area contributed by atoms with Crippen molar-refractivity contribution in [1.82, 2.24) is 9.78 Å². The maximum atomic E-state index is 13.4. The van der Waals surface area contributed by atoms with Crippen LogP contribution in [0.25, 0.3) is 16.6 Å². The van der Waals surface area contributed by atoms with Crippen molar-refractivity contribution in [2.75, 3.05) is 13.7 Å². The summed E-state index contributed by atoms with van der Waals surface area (Å²) in [7, 11) is 1.68. The van der Waals surface area contributed by atoms with E-state index in [-0.39, 0.29) is 11.2 Å². The second-order valence-corrected chi connectivity index (χ2v) is 9.56. The minimum Gasteiger partial charge on any atom is -0.387 e. The minimum absolute atomic E-state index is 0.0952. The van der Waals surface area contributed by atoms with Crippen molar-refractivity contribution in [2.45, 2.75) is 62.9 Å². The molecule has 5 rings (SSSR count). The largest absolute Gasteiger partial charge is 0.387 e. The molecule has 0 amide bonds. The maximum Gasteiger partial charge on any atom is 0.123 e. The van der Waals surface area contributed by atoms with Crippen LogP contribution in [0.4, 0.5) is 4.39 Å². The molecule has 1 N–H and O–H groups in total. The van der Waals surface area contributed by atoms with Crippen LogP contribution in [0.3, 0.4) is 0 Å². The molecule has 0 aliphatic heterocycles. The van der Waals surface area contributed by atoms with Gasteiger partial charge in [0, 0.05) is 12.5 Å². The van der Waals surface area contributed by atoms with E-state index in [1.54, 1.807) is 19.2 Å². The van der Waals surface area contributed by atoms with E-state index in [1.807, 2.05) is 10.9 Å². The zero-order valence-corrected chi connectivity index (χ0v) is 18.4. The monoisotopic (exact) mass is 422 g/mol. The Kier molecular flexibility index (Phi) is 5.14. The molecule has 0 bridgehead atoms. The van der Waals surface area contributed by atoms with Gasteiger partial charge in [-0.25, -0.2) is 9.07 Å². The van der Waals surface area contributed by atoms with Crippen molar-refractivity contribution >= 4 is 10.9 Å². The molecule has 1 saturated carbocycles. The molecule has 5 heteroatoms. The second kappa shape index (κ2) is 7.72. The first-order chi connectivity index (χ1) is 15.0. The zero-order valence-electron chi connectivity index (χ0n) is 18.4. The van der Waals surface area contributed by atoms with Crippen molar-refractivity contribution in [3.05, 3.63) is 59.5 Å². The standard InChI is InChI=1S/C26H31FN2O2/c1-3-26-12-11-25(30,17-31-2)15-20(26)6-4-5-18-14-24-19(13-23(18)26)16-28-29(24)22-9-7-21(27)8-10-22/h7-10,13-14,16,20,30H,3-6,11-12,15,17H2,1-2H3/t20-,25-,26-/m0/s1. The van der Waals surface area contributed by atoms with Crippen molar-refractivity contribution in [2.24, 2.45) is 5.92 Å². The van der Waals surface area contributed by atoms with E-state index < -0.39 is 5.60 Å². The van der Waals surface area contributed by atoms with Crippen molar-refractivity contribution in [3.8, 4) is 5.69 Å². The Morgan fingerprint density at radius 2 is 2.03 bits per heavy atom. The summed E-state index contributed by atoms with van der Waals surface area (Å²) in [4.78, 5) is 0. The number of ether oxygens (including phenoxy) is 1. The predicted molar refractivity (Wildman–Crippen MR) is 120 cm³/mol. The van der Waals surface area contributed by atoms with Gasteiger partial charge in [-0.2, -0.15) is 5.10 Å². The normalized spacial score (nSPS) is 28.2. The number of aryl methyl sites for hydroxylation is 1. The molecule has 31 heavy (non-hydrogen) atoms. The number of halogens is 1. The number of benzene rings is 2. The van der Waals surface area contributed by atoms with E-state index in [1.165, 1.54) is 23.3 Å². The van der Waals surface area contributed by atoms with Crippen LogP contribution in [0.1, 0.15) is 56.6 Å². The number of aliphatic hydroxyl groups is 1. The average Bonchev–Trinajstić information content (AvgIpc) is 3.10. The molecule has 3 atom stereocenters. The van der Waals surface area contributed by atoms with Gasteiger partial charge in [0.1, 0.15) is 5.82 Å². The highest BCUT2D eigenvalue weighted by atomic mass is 19.1. The molecule has 2 aliphatic rings. The maximum absolute atomic E-state index is 13.4. The molecule has 2 aliphatic carbocycles. The zero-order chi connectivity index (χ0) is 21.6. The van der Waals surface area contributed by atoms with Gasteiger partial charge in [-0.1, -0.05) is 6.92 Å². The summed E-state index contributed by atoms with van der Waals surface area (Å²) in [6, 6.07) is 11.2. The number of rotatable bonds is 4. The van der Waals surface area contributed by atoms with Crippen LogP contribution in [0.15, 0.2) is 42.6 Å². The van der Waals surface area contributed by atoms with Gasteiger partial charge >= 0.3 is 0 Å². The molecule has 164 valence electrons. The summed E-state index contributed by atoms with van der Waals surface area (Å²) >= 11 is 0. The molecular weight excluding hydrogens is 391 g/mol. The van der Waals surface area contributed by atoms with Gasteiger partial charge in [-0.15, -0.1) is 0 Å². The fraction of sp³-hybridized carbons (Fsp3) is 0.500. The lowest BCUT2D eigenvalue weighted by Crippen LogP contribution is -2.49. The summed E-state index contributed by atoms with van der Waals surface area (Å²) < 4.78 is 20.7. The third-order valence-electron chi connectivity index (χ3n) is 7.89. The highest BCUT2D eigenvalue weighted by molar-refractivity contribution is 5.82. The van der Waals surface area contributed by atoms with E-state index in [0.29, 0.717) is 12.5 Å². The lowest BCUT2D eigenvalue weighted by Gasteiger charge is -2.50. The minimum atomic E-state index is -0.708. The summed E-state index contributed by atoms with van der Waals surface area (Å²) in [6.45, 7) is 2.72. The van der Waals surface area contributed by atoms with Crippen molar-refractivity contribution in [1.29, 1.82) is 0 Å². The van der Waals surface area contributed by atoms with Crippen LogP contribution in [-0.4, -0.2) is 34.2 Å². The summed E-state index contributed by atoms with van der Waals surface area (Å²) in [5, 5.41) is 16.9. The molecule has 4 nitrogen and oxygen atoms in total. The topological polar surface area (TPSA) is 47.3 Å². The molecule has 3 aromatic rings. The van der Waals surface area contributed by atoms with Crippen LogP contribution in [0.2, 0.25) is 0 Å². The number of nitrogens with zero attached hydrogens (tertiary/aromatic N) is 2. The van der Waals surface area contributed by atoms with Gasteiger partial charge in [0.05, 0.1) is 29.6 Å². The Hall–Kier alpha value is -2.24. The van der Waals surface area contributed by atoms with Gasteiger partial charge in [-0.3, -0.25) is 0 Å². The number of hydrogen-bond donors (Lipinski definition) is 1. The first-order valence-electron chi connectivity index (χ1n) is 11.5. The molecule has 1 fully saturated rings. The highest BCUT2D eigenvalue weighted by Crippen LogP contribution is 2.54. The van der Waals surface area contributed by atoms with Gasteiger partial charge in [-0.05, 0) is 104 Å². The van der Waals surface area contributed by atoms with Gasteiger partial charge in [0.15, 0.2) is 0 Å². The van der Waals surface area contributed by atoms with Crippen LogP contribution < -0.4 is 0 Å². The number of fused-ring (bicyclic) bond motifs is 4. The Morgan fingerprint density at radius 3 is 2.77 bits per heavy atom. The number of aromatic nitrogens is 2. The highest BCUT2D eigenvalue weighted by Gasteiger charge is 2.49. The lowest BCUT2D eigenvalue weighted by molar-refractivity contribution is -0.0903. The quantitative estimate of drug-likeness (QED) is 0.618. The smallest absolute Gasteiger partial charge is 0.123 e. The van der Waals surface area contributed by atoms with E-state index in [0.717, 1.165) is 61.5 Å². The second-order valence-electron chi connectivity index (χ2n) is 9.56. The molecule has 0 saturated heterocycles. The average molecular weight is 423 g/mol. The van der Waals surface area contributed by atoms with E-state index >= 15 is 0 Å².